The summed E-state index contributed by atoms with van der Waals surface area (Å²) >= 11 is 0. The molecule has 0 unspecified atom stereocenters. The summed E-state index contributed by atoms with van der Waals surface area (Å²) in [7, 11) is -4.07. The first kappa shape index (κ1) is 17.7. The van der Waals surface area contributed by atoms with Crippen LogP contribution in [0.25, 0.3) is 0 Å². The number of carboxylic acid groups (broad SMARTS) is 1. The molecule has 0 spiro atoms. The first-order chi connectivity index (χ1) is 9.41. The average molecular weight is 319 g/mol. The normalized spacial score (nSPS) is 12.9. The van der Waals surface area contributed by atoms with Gasteiger partial charge in [-0.25, -0.2) is 13.2 Å². The fourth-order valence-electron chi connectivity index (χ4n) is 2.15. The predicted octanol–water partition coefficient (Wildman–Crippen LogP) is 1.38. The van der Waals surface area contributed by atoms with Crippen LogP contribution < -0.4 is 0 Å². The predicted molar refractivity (Wildman–Crippen MR) is 75.9 cm³/mol. The third-order valence-corrected chi connectivity index (χ3v) is 5.01. The number of hydrogen-bond donors (Lipinski definition) is 2. The van der Waals surface area contributed by atoms with Crippen LogP contribution in [0.3, 0.4) is 0 Å². The first-order valence-electron chi connectivity index (χ1n) is 6.47. The third-order valence-electron chi connectivity index (χ3n) is 2.93. The van der Waals surface area contributed by atoms with Gasteiger partial charge in [-0.2, -0.15) is 4.31 Å². The molecule has 1 aromatic heterocycles. The maximum Gasteiger partial charge on any atom is 0.340 e. The van der Waals surface area contributed by atoms with E-state index in [1.54, 1.807) is 6.92 Å². The molecule has 0 fully saturated rings. The molecule has 0 aromatic carbocycles. The molecule has 1 heterocycles. The van der Waals surface area contributed by atoms with Crippen molar-refractivity contribution in [3.05, 3.63) is 17.1 Å². The molecule has 1 rings (SSSR count). The van der Waals surface area contributed by atoms with Crippen molar-refractivity contribution in [1.82, 2.24) is 4.31 Å². The van der Waals surface area contributed by atoms with Crippen LogP contribution in [-0.4, -0.2) is 47.6 Å². The van der Waals surface area contributed by atoms with Crippen LogP contribution in [0.2, 0.25) is 0 Å². The van der Waals surface area contributed by atoms with Gasteiger partial charge in [0, 0.05) is 13.1 Å². The van der Waals surface area contributed by atoms with Crippen LogP contribution in [0.15, 0.2) is 9.31 Å². The van der Waals surface area contributed by atoms with E-state index < -0.39 is 21.6 Å². The molecule has 8 heteroatoms. The Labute approximate surface area is 124 Å². The molecule has 0 atom stereocenters. The lowest BCUT2D eigenvalue weighted by molar-refractivity contribution is 0.0601. The monoisotopic (exact) mass is 319 g/mol. The number of rotatable bonds is 6. The molecule has 21 heavy (non-hydrogen) atoms. The van der Waals surface area contributed by atoms with E-state index in [0.717, 1.165) is 4.31 Å². The van der Waals surface area contributed by atoms with Crippen LogP contribution in [0, 0.1) is 13.8 Å². The molecule has 2 N–H and O–H groups in total. The lowest BCUT2D eigenvalue weighted by Gasteiger charge is -2.27. The maximum absolute atomic E-state index is 12.7. The van der Waals surface area contributed by atoms with Crippen LogP contribution >= 0.6 is 0 Å². The van der Waals surface area contributed by atoms with E-state index in [4.69, 9.17) is 4.42 Å². The van der Waals surface area contributed by atoms with Gasteiger partial charge < -0.3 is 14.6 Å². The van der Waals surface area contributed by atoms with Gasteiger partial charge in [0.05, 0.1) is 5.60 Å². The van der Waals surface area contributed by atoms with Gasteiger partial charge in [0.15, 0.2) is 0 Å². The van der Waals surface area contributed by atoms with E-state index in [-0.39, 0.29) is 35.1 Å². The van der Waals surface area contributed by atoms with Gasteiger partial charge in [-0.15, -0.1) is 0 Å². The Bertz CT molecular complexity index is 638. The summed E-state index contributed by atoms with van der Waals surface area (Å²) in [5, 5.41) is 19.1. The van der Waals surface area contributed by atoms with Crippen LogP contribution in [0.1, 0.15) is 42.6 Å². The summed E-state index contributed by atoms with van der Waals surface area (Å²) in [4.78, 5) is 11.0. The van der Waals surface area contributed by atoms with Crippen molar-refractivity contribution in [1.29, 1.82) is 0 Å². The fraction of sp³-hybridized carbons (Fsp3) is 0.615. The molecule has 0 saturated carbocycles. The number of carboxylic acids is 1. The number of nitrogens with zero attached hydrogens (tertiary/aromatic N) is 1. The van der Waals surface area contributed by atoms with Crippen molar-refractivity contribution in [3.8, 4) is 0 Å². The smallest absolute Gasteiger partial charge is 0.340 e. The summed E-state index contributed by atoms with van der Waals surface area (Å²) in [6.07, 6.45) is 0. The summed E-state index contributed by atoms with van der Waals surface area (Å²) in [6, 6.07) is 0. The van der Waals surface area contributed by atoms with Crippen molar-refractivity contribution in [2.75, 3.05) is 13.1 Å². The summed E-state index contributed by atoms with van der Waals surface area (Å²) in [5.74, 6) is -1.29. The lowest BCUT2D eigenvalue weighted by atomic mass is 10.1. The van der Waals surface area contributed by atoms with Crippen molar-refractivity contribution in [2.24, 2.45) is 0 Å². The number of aliphatic hydroxyl groups is 1. The Morgan fingerprint density at radius 1 is 1.29 bits per heavy atom. The molecular formula is C13H21NO6S. The molecule has 7 nitrogen and oxygen atoms in total. The number of aryl methyl sites for hydroxylation is 2. The highest BCUT2D eigenvalue weighted by Gasteiger charge is 2.36. The largest absolute Gasteiger partial charge is 0.478 e. The molecule has 120 valence electrons. The zero-order valence-corrected chi connectivity index (χ0v) is 13.6. The van der Waals surface area contributed by atoms with Gasteiger partial charge in [0.1, 0.15) is 22.0 Å². The maximum atomic E-state index is 12.7. The van der Waals surface area contributed by atoms with Crippen molar-refractivity contribution in [3.63, 3.8) is 0 Å². The molecule has 0 aliphatic carbocycles. The van der Waals surface area contributed by atoms with Gasteiger partial charge in [0.2, 0.25) is 10.0 Å². The number of hydrogen-bond acceptors (Lipinski definition) is 5. The van der Waals surface area contributed by atoms with Gasteiger partial charge in [-0.05, 0) is 27.7 Å². The van der Waals surface area contributed by atoms with Crippen molar-refractivity contribution >= 4 is 16.0 Å². The minimum Gasteiger partial charge on any atom is -0.478 e. The zero-order valence-electron chi connectivity index (χ0n) is 12.8. The second-order valence-corrected chi connectivity index (χ2v) is 7.34. The van der Waals surface area contributed by atoms with Gasteiger partial charge in [-0.1, -0.05) is 6.92 Å². The van der Waals surface area contributed by atoms with Crippen molar-refractivity contribution < 1.29 is 27.8 Å². The topological polar surface area (TPSA) is 108 Å². The standard InChI is InChI=1S/C13H21NO6S/c1-6-14(7-13(4,5)17)21(18,19)11-9(3)20-8(2)10(11)12(15)16/h17H,6-7H2,1-5H3,(H,15,16). The Kier molecular flexibility index (Phi) is 4.87. The highest BCUT2D eigenvalue weighted by molar-refractivity contribution is 7.89. The minimum absolute atomic E-state index is 0.0269. The second kappa shape index (κ2) is 5.78. The first-order valence-corrected chi connectivity index (χ1v) is 7.91. The van der Waals surface area contributed by atoms with E-state index in [1.165, 1.54) is 27.7 Å². The van der Waals surface area contributed by atoms with Gasteiger partial charge >= 0.3 is 5.97 Å². The SMILES string of the molecule is CCN(CC(C)(C)O)S(=O)(=O)c1c(C)oc(C)c1C(=O)O. The third kappa shape index (κ3) is 3.63. The molecule has 1 aromatic rings. The average Bonchev–Trinajstić information content (AvgIpc) is 2.60. The van der Waals surface area contributed by atoms with Crippen molar-refractivity contribution in [2.45, 2.75) is 45.1 Å². The molecule has 0 aliphatic heterocycles. The van der Waals surface area contributed by atoms with E-state index in [0.29, 0.717) is 0 Å². The Balaban J connectivity index is 3.46. The number of likely N-dealkylation sites (N-methyl/N-ethyl adjacent to an activating group) is 1. The van der Waals surface area contributed by atoms with Crippen LogP contribution in [0.4, 0.5) is 0 Å². The zero-order chi connectivity index (χ0) is 16.6. The van der Waals surface area contributed by atoms with E-state index in [2.05, 4.69) is 0 Å². The number of aromatic carboxylic acids is 1. The van der Waals surface area contributed by atoms with E-state index in [9.17, 15) is 23.4 Å². The summed E-state index contributed by atoms with van der Waals surface area (Å²) < 4.78 is 31.6. The molecule has 0 radical (unpaired) electrons. The van der Waals surface area contributed by atoms with E-state index in [1.807, 2.05) is 0 Å². The molecular weight excluding hydrogens is 298 g/mol. The molecule has 0 saturated heterocycles. The molecule has 0 aliphatic rings. The van der Waals surface area contributed by atoms with Crippen LogP contribution in [0.5, 0.6) is 0 Å². The van der Waals surface area contributed by atoms with Crippen LogP contribution in [-0.2, 0) is 10.0 Å². The Morgan fingerprint density at radius 3 is 2.19 bits per heavy atom. The fourth-order valence-corrected chi connectivity index (χ4v) is 4.13. The van der Waals surface area contributed by atoms with E-state index >= 15 is 0 Å². The quantitative estimate of drug-likeness (QED) is 0.820. The Morgan fingerprint density at radius 2 is 1.81 bits per heavy atom. The van der Waals surface area contributed by atoms with Gasteiger partial charge in [-0.3, -0.25) is 0 Å². The highest BCUT2D eigenvalue weighted by Crippen LogP contribution is 2.29. The highest BCUT2D eigenvalue weighted by atomic mass is 32.2. The Hall–Kier alpha value is -1.38. The number of sulfonamides is 1. The summed E-state index contributed by atoms with van der Waals surface area (Å²) in [6.45, 7) is 7.36. The molecule has 0 bridgehead atoms. The summed E-state index contributed by atoms with van der Waals surface area (Å²) in [5.41, 5.74) is -1.60. The minimum atomic E-state index is -4.07. The molecule has 0 amide bonds. The second-order valence-electron chi connectivity index (χ2n) is 5.47. The van der Waals surface area contributed by atoms with Gasteiger partial charge in [0.25, 0.3) is 0 Å². The number of furan rings is 1. The number of carbonyl (C=O) groups is 1. The lowest BCUT2D eigenvalue weighted by Crippen LogP contribution is -2.42.